The fourth-order valence-electron chi connectivity index (χ4n) is 3.43. The van der Waals surface area contributed by atoms with Gasteiger partial charge in [0.2, 0.25) is 0 Å². The molecule has 2 aromatic heterocycles. The van der Waals surface area contributed by atoms with Crippen molar-refractivity contribution >= 4 is 27.9 Å². The van der Waals surface area contributed by atoms with Gasteiger partial charge in [-0.05, 0) is 50.6 Å². The van der Waals surface area contributed by atoms with E-state index in [0.717, 1.165) is 40.6 Å². The number of likely N-dealkylation sites (tertiary alicyclic amines) is 1. The van der Waals surface area contributed by atoms with Crippen LogP contribution in [0, 0.1) is 6.92 Å². The van der Waals surface area contributed by atoms with Crippen molar-refractivity contribution in [3.8, 4) is 11.3 Å². The predicted octanol–water partition coefficient (Wildman–Crippen LogP) is 4.37. The lowest BCUT2D eigenvalue weighted by molar-refractivity contribution is 0.219. The minimum Gasteiger partial charge on any atom is -0.299 e. The highest BCUT2D eigenvalue weighted by Gasteiger charge is 2.18. The Hall–Kier alpha value is -1.69. The molecule has 0 aliphatic carbocycles. The zero-order chi connectivity index (χ0) is 17.4. The molecule has 4 nitrogen and oxygen atoms in total. The molecule has 3 aromatic rings. The average Bonchev–Trinajstić information content (AvgIpc) is 3.04. The molecule has 1 aliphatic heterocycles. The summed E-state index contributed by atoms with van der Waals surface area (Å²) in [6.07, 6.45) is 3.71. The van der Waals surface area contributed by atoms with E-state index < -0.39 is 0 Å². The Bertz CT molecular complexity index is 955. The summed E-state index contributed by atoms with van der Waals surface area (Å²) in [6.45, 7) is 4.77. The maximum Gasteiger partial charge on any atom is 0.263 e. The molecule has 4 rings (SSSR count). The normalized spacial score (nSPS) is 15.8. The van der Waals surface area contributed by atoms with E-state index in [2.05, 4.69) is 4.90 Å². The van der Waals surface area contributed by atoms with Crippen LogP contribution in [0.25, 0.3) is 16.2 Å². The molecule has 0 atom stereocenters. The highest BCUT2D eigenvalue weighted by atomic mass is 35.5. The van der Waals surface area contributed by atoms with Gasteiger partial charge in [0.25, 0.3) is 5.56 Å². The van der Waals surface area contributed by atoms with E-state index in [0.29, 0.717) is 11.6 Å². The minimum atomic E-state index is 0.0549. The number of benzene rings is 1. The number of fused-ring (bicyclic) bond motifs is 1. The maximum absolute atomic E-state index is 13.2. The smallest absolute Gasteiger partial charge is 0.263 e. The number of nitrogens with zero attached hydrogens (tertiary/aromatic N) is 3. The molecule has 0 unspecified atom stereocenters. The number of hydrogen-bond donors (Lipinski definition) is 0. The van der Waals surface area contributed by atoms with E-state index in [9.17, 15) is 4.79 Å². The molecular weight excluding hydrogens is 354 g/mol. The van der Waals surface area contributed by atoms with Crippen LogP contribution in [-0.4, -0.2) is 27.4 Å². The Morgan fingerprint density at radius 1 is 1.16 bits per heavy atom. The molecule has 130 valence electrons. The van der Waals surface area contributed by atoms with Crippen LogP contribution < -0.4 is 5.56 Å². The van der Waals surface area contributed by atoms with Gasteiger partial charge in [0, 0.05) is 16.9 Å². The molecule has 3 heterocycles. The third kappa shape index (κ3) is 3.24. The first-order chi connectivity index (χ1) is 12.1. The zero-order valence-electron chi connectivity index (χ0n) is 14.2. The maximum atomic E-state index is 13.2. The van der Waals surface area contributed by atoms with Gasteiger partial charge >= 0.3 is 0 Å². The molecule has 0 saturated carbocycles. The fraction of sp³-hybridized carbons (Fsp3) is 0.368. The highest BCUT2D eigenvalue weighted by Crippen LogP contribution is 2.26. The zero-order valence-corrected chi connectivity index (χ0v) is 15.7. The van der Waals surface area contributed by atoms with Crippen LogP contribution in [0.1, 0.15) is 30.5 Å². The Balaban J connectivity index is 1.80. The van der Waals surface area contributed by atoms with Gasteiger partial charge in [-0.25, -0.2) is 4.98 Å². The monoisotopic (exact) mass is 373 g/mol. The molecule has 0 N–H and O–H groups in total. The minimum absolute atomic E-state index is 0.0549. The van der Waals surface area contributed by atoms with Gasteiger partial charge in [0.1, 0.15) is 0 Å². The van der Waals surface area contributed by atoms with Crippen molar-refractivity contribution in [3.63, 3.8) is 0 Å². The molecule has 1 saturated heterocycles. The molecule has 25 heavy (non-hydrogen) atoms. The van der Waals surface area contributed by atoms with Crippen LogP contribution in [0.15, 0.2) is 34.4 Å². The molecule has 1 aromatic carbocycles. The summed E-state index contributed by atoms with van der Waals surface area (Å²) in [5.41, 5.74) is 3.58. The van der Waals surface area contributed by atoms with Crippen molar-refractivity contribution in [3.05, 3.63) is 56.3 Å². The SMILES string of the molecule is Cc1nc2scc(-c3ccc(Cl)cc3)n2c(=O)c1CN1CCCCC1. The molecule has 0 bridgehead atoms. The van der Waals surface area contributed by atoms with Gasteiger partial charge in [0.05, 0.1) is 17.0 Å². The van der Waals surface area contributed by atoms with Gasteiger partial charge in [-0.15, -0.1) is 11.3 Å². The van der Waals surface area contributed by atoms with Crippen LogP contribution in [0.3, 0.4) is 0 Å². The second-order valence-electron chi connectivity index (χ2n) is 6.56. The van der Waals surface area contributed by atoms with Crippen LogP contribution >= 0.6 is 22.9 Å². The quantitative estimate of drug-likeness (QED) is 0.684. The summed E-state index contributed by atoms with van der Waals surface area (Å²) in [5, 5.41) is 2.69. The number of thiazole rings is 1. The summed E-state index contributed by atoms with van der Waals surface area (Å²) in [5.74, 6) is 0. The summed E-state index contributed by atoms with van der Waals surface area (Å²) < 4.78 is 1.75. The molecular formula is C19H20ClN3OS. The summed E-state index contributed by atoms with van der Waals surface area (Å²) >= 11 is 7.49. The Morgan fingerprint density at radius 3 is 2.60 bits per heavy atom. The average molecular weight is 374 g/mol. The largest absolute Gasteiger partial charge is 0.299 e. The third-order valence-electron chi connectivity index (χ3n) is 4.84. The van der Waals surface area contributed by atoms with Crippen LogP contribution in [0.2, 0.25) is 5.02 Å². The summed E-state index contributed by atoms with van der Waals surface area (Å²) in [7, 11) is 0. The van der Waals surface area contributed by atoms with Gasteiger partial charge in [-0.3, -0.25) is 14.1 Å². The van der Waals surface area contributed by atoms with Crippen molar-refractivity contribution in [1.82, 2.24) is 14.3 Å². The van der Waals surface area contributed by atoms with Crippen LogP contribution in [0.4, 0.5) is 0 Å². The van der Waals surface area contributed by atoms with E-state index >= 15 is 0 Å². The van der Waals surface area contributed by atoms with Crippen molar-refractivity contribution < 1.29 is 0 Å². The lowest BCUT2D eigenvalue weighted by atomic mass is 10.1. The predicted molar refractivity (Wildman–Crippen MR) is 104 cm³/mol. The molecule has 1 aliphatic rings. The fourth-order valence-corrected chi connectivity index (χ4v) is 4.49. The molecule has 0 amide bonds. The van der Waals surface area contributed by atoms with Crippen LogP contribution in [-0.2, 0) is 6.54 Å². The number of hydrogen-bond acceptors (Lipinski definition) is 4. The number of aryl methyl sites for hydroxylation is 1. The molecule has 1 fully saturated rings. The van der Waals surface area contributed by atoms with Crippen LogP contribution in [0.5, 0.6) is 0 Å². The van der Waals surface area contributed by atoms with E-state index in [-0.39, 0.29) is 5.56 Å². The Morgan fingerprint density at radius 2 is 1.88 bits per heavy atom. The summed E-state index contributed by atoms with van der Waals surface area (Å²) in [4.78, 5) is 21.0. The number of aromatic nitrogens is 2. The highest BCUT2D eigenvalue weighted by molar-refractivity contribution is 7.15. The molecule has 6 heteroatoms. The molecule has 0 radical (unpaired) electrons. The van der Waals surface area contributed by atoms with Gasteiger partial charge in [-0.1, -0.05) is 30.2 Å². The van der Waals surface area contributed by atoms with Crippen molar-refractivity contribution in [1.29, 1.82) is 0 Å². The van der Waals surface area contributed by atoms with Gasteiger partial charge < -0.3 is 0 Å². The van der Waals surface area contributed by atoms with Crippen molar-refractivity contribution in [2.75, 3.05) is 13.1 Å². The number of halogens is 1. The standard InChI is InChI=1S/C19H20ClN3OS/c1-13-16(11-22-9-3-2-4-10-22)18(24)23-17(12-25-19(23)21-13)14-5-7-15(20)8-6-14/h5-8,12H,2-4,9-11H2,1H3. The lowest BCUT2D eigenvalue weighted by Gasteiger charge is -2.26. The van der Waals surface area contributed by atoms with E-state index in [4.69, 9.17) is 16.6 Å². The first-order valence-electron chi connectivity index (χ1n) is 8.61. The third-order valence-corrected chi connectivity index (χ3v) is 5.92. The van der Waals surface area contributed by atoms with E-state index in [1.807, 2.05) is 36.6 Å². The number of piperidine rings is 1. The Kier molecular flexibility index (Phi) is 4.63. The molecule has 0 spiro atoms. The summed E-state index contributed by atoms with van der Waals surface area (Å²) in [6, 6.07) is 7.59. The van der Waals surface area contributed by atoms with Gasteiger partial charge in [-0.2, -0.15) is 0 Å². The second kappa shape index (κ2) is 6.90. The lowest BCUT2D eigenvalue weighted by Crippen LogP contribution is -2.33. The van der Waals surface area contributed by atoms with Gasteiger partial charge in [0.15, 0.2) is 4.96 Å². The first-order valence-corrected chi connectivity index (χ1v) is 9.87. The first kappa shape index (κ1) is 16.8. The van der Waals surface area contributed by atoms with E-state index in [1.165, 1.54) is 30.6 Å². The second-order valence-corrected chi connectivity index (χ2v) is 7.84. The van der Waals surface area contributed by atoms with E-state index in [1.54, 1.807) is 4.40 Å². The Labute approximate surface area is 155 Å². The van der Waals surface area contributed by atoms with Crippen molar-refractivity contribution in [2.45, 2.75) is 32.7 Å². The van der Waals surface area contributed by atoms with Crippen molar-refractivity contribution in [2.24, 2.45) is 0 Å². The topological polar surface area (TPSA) is 37.6 Å². The number of rotatable bonds is 3.